The van der Waals surface area contributed by atoms with E-state index < -0.39 is 0 Å². The third kappa shape index (κ3) is 4.04. The van der Waals surface area contributed by atoms with Gasteiger partial charge in [0, 0.05) is 15.8 Å². The van der Waals surface area contributed by atoms with E-state index in [1.165, 1.54) is 11.1 Å². The first-order chi connectivity index (χ1) is 9.04. The maximum absolute atomic E-state index is 5.32. The molecule has 0 bridgehead atoms. The molecule has 0 heterocycles. The molecule has 0 amide bonds. The molecular weight excluding hydrogens is 320 g/mol. The molecule has 2 nitrogen and oxygen atoms in total. The number of aryl methyl sites for hydroxylation is 2. The standard InChI is InChI=1S/C15H15BrN2S/c1-10-3-4-11(2)14(9-10)18-15(19)17-13-7-5-12(16)6-8-13/h3-9H,1-2H3,(H2,17,18,19). The molecule has 0 aromatic heterocycles. The topological polar surface area (TPSA) is 24.1 Å². The number of halogens is 1. The minimum atomic E-state index is 0.594. The average molecular weight is 335 g/mol. The van der Waals surface area contributed by atoms with Crippen LogP contribution in [-0.4, -0.2) is 5.11 Å². The van der Waals surface area contributed by atoms with Crippen molar-refractivity contribution in [3.05, 3.63) is 58.1 Å². The van der Waals surface area contributed by atoms with Crippen LogP contribution in [0.1, 0.15) is 11.1 Å². The summed E-state index contributed by atoms with van der Waals surface area (Å²) in [6.07, 6.45) is 0. The van der Waals surface area contributed by atoms with Crippen molar-refractivity contribution in [2.75, 3.05) is 10.6 Å². The monoisotopic (exact) mass is 334 g/mol. The number of hydrogen-bond donors (Lipinski definition) is 2. The fourth-order valence-electron chi connectivity index (χ4n) is 1.69. The Kier molecular flexibility index (Phi) is 4.56. The van der Waals surface area contributed by atoms with E-state index in [0.29, 0.717) is 5.11 Å². The smallest absolute Gasteiger partial charge is 0.175 e. The van der Waals surface area contributed by atoms with E-state index >= 15 is 0 Å². The largest absolute Gasteiger partial charge is 0.332 e. The molecule has 2 N–H and O–H groups in total. The van der Waals surface area contributed by atoms with Gasteiger partial charge in [0.1, 0.15) is 0 Å². The highest BCUT2D eigenvalue weighted by atomic mass is 79.9. The molecule has 2 rings (SSSR count). The first-order valence-corrected chi connectivity index (χ1v) is 7.15. The third-order valence-corrected chi connectivity index (χ3v) is 3.48. The molecule has 19 heavy (non-hydrogen) atoms. The van der Waals surface area contributed by atoms with Crippen molar-refractivity contribution in [1.29, 1.82) is 0 Å². The zero-order valence-corrected chi connectivity index (χ0v) is 13.2. The summed E-state index contributed by atoms with van der Waals surface area (Å²) in [5.41, 5.74) is 4.38. The van der Waals surface area contributed by atoms with Crippen LogP contribution < -0.4 is 10.6 Å². The lowest BCUT2D eigenvalue weighted by molar-refractivity contribution is 1.39. The van der Waals surface area contributed by atoms with Crippen molar-refractivity contribution >= 4 is 44.6 Å². The Morgan fingerprint density at radius 1 is 1.00 bits per heavy atom. The van der Waals surface area contributed by atoms with Gasteiger partial charge in [-0.05, 0) is 67.5 Å². The van der Waals surface area contributed by atoms with Crippen LogP contribution in [0.2, 0.25) is 0 Å². The van der Waals surface area contributed by atoms with E-state index in [9.17, 15) is 0 Å². The fraction of sp³-hybridized carbons (Fsp3) is 0.133. The summed E-state index contributed by atoms with van der Waals surface area (Å²) < 4.78 is 1.05. The molecule has 0 atom stereocenters. The van der Waals surface area contributed by atoms with Gasteiger partial charge in [0.05, 0.1) is 0 Å². The second kappa shape index (κ2) is 6.17. The number of thiocarbonyl (C=S) groups is 1. The first-order valence-electron chi connectivity index (χ1n) is 5.95. The summed E-state index contributed by atoms with van der Waals surface area (Å²) >= 11 is 8.73. The highest BCUT2D eigenvalue weighted by Crippen LogP contribution is 2.18. The molecule has 0 aliphatic carbocycles. The number of rotatable bonds is 2. The fourth-order valence-corrected chi connectivity index (χ4v) is 2.18. The predicted octanol–water partition coefficient (Wildman–Crippen LogP) is 4.87. The summed E-state index contributed by atoms with van der Waals surface area (Å²) in [6.45, 7) is 4.12. The Morgan fingerprint density at radius 2 is 1.68 bits per heavy atom. The minimum Gasteiger partial charge on any atom is -0.332 e. The van der Waals surface area contributed by atoms with Gasteiger partial charge in [-0.25, -0.2) is 0 Å². The van der Waals surface area contributed by atoms with E-state index in [1.54, 1.807) is 0 Å². The second-order valence-corrected chi connectivity index (χ2v) is 5.73. The molecular formula is C15H15BrN2S. The lowest BCUT2D eigenvalue weighted by Gasteiger charge is -2.13. The SMILES string of the molecule is Cc1ccc(C)c(NC(=S)Nc2ccc(Br)cc2)c1. The Morgan fingerprint density at radius 3 is 2.37 bits per heavy atom. The Labute approximate surface area is 127 Å². The van der Waals surface area contributed by atoms with E-state index in [0.717, 1.165) is 15.8 Å². The number of anilines is 2. The zero-order chi connectivity index (χ0) is 13.8. The minimum absolute atomic E-state index is 0.594. The highest BCUT2D eigenvalue weighted by Gasteiger charge is 2.02. The van der Waals surface area contributed by atoms with Crippen LogP contribution >= 0.6 is 28.1 Å². The molecule has 0 aliphatic heterocycles. The number of benzene rings is 2. The van der Waals surface area contributed by atoms with Crippen LogP contribution in [0.25, 0.3) is 0 Å². The van der Waals surface area contributed by atoms with Crippen LogP contribution in [0.5, 0.6) is 0 Å². The average Bonchev–Trinajstić information content (AvgIpc) is 2.37. The number of hydrogen-bond acceptors (Lipinski definition) is 1. The summed E-state index contributed by atoms with van der Waals surface area (Å²) in [5, 5.41) is 6.98. The Balaban J connectivity index is 2.05. The van der Waals surface area contributed by atoms with E-state index in [-0.39, 0.29) is 0 Å². The maximum atomic E-state index is 5.32. The van der Waals surface area contributed by atoms with Crippen molar-refractivity contribution in [3.63, 3.8) is 0 Å². The molecule has 2 aromatic rings. The van der Waals surface area contributed by atoms with Crippen molar-refractivity contribution in [1.82, 2.24) is 0 Å². The van der Waals surface area contributed by atoms with Crippen molar-refractivity contribution in [3.8, 4) is 0 Å². The molecule has 0 aliphatic rings. The highest BCUT2D eigenvalue weighted by molar-refractivity contribution is 9.10. The predicted molar refractivity (Wildman–Crippen MR) is 89.9 cm³/mol. The molecule has 0 saturated carbocycles. The van der Waals surface area contributed by atoms with Gasteiger partial charge < -0.3 is 10.6 Å². The van der Waals surface area contributed by atoms with Crippen LogP contribution in [0.4, 0.5) is 11.4 Å². The van der Waals surface area contributed by atoms with Gasteiger partial charge in [0.15, 0.2) is 5.11 Å². The third-order valence-electron chi connectivity index (χ3n) is 2.74. The van der Waals surface area contributed by atoms with E-state index in [2.05, 4.69) is 58.6 Å². The Hall–Kier alpha value is -1.39. The molecule has 0 saturated heterocycles. The molecule has 2 aromatic carbocycles. The normalized spacial score (nSPS) is 10.1. The first kappa shape index (κ1) is 14.0. The quantitative estimate of drug-likeness (QED) is 0.765. The lowest BCUT2D eigenvalue weighted by atomic mass is 10.1. The van der Waals surface area contributed by atoms with Crippen molar-refractivity contribution < 1.29 is 0 Å². The van der Waals surface area contributed by atoms with Crippen LogP contribution in [0.3, 0.4) is 0 Å². The molecule has 0 unspecified atom stereocenters. The molecule has 0 fully saturated rings. The Bertz CT molecular complexity index is 594. The van der Waals surface area contributed by atoms with E-state index in [1.807, 2.05) is 24.3 Å². The van der Waals surface area contributed by atoms with Gasteiger partial charge in [-0.3, -0.25) is 0 Å². The van der Waals surface area contributed by atoms with Crippen LogP contribution in [0, 0.1) is 13.8 Å². The van der Waals surface area contributed by atoms with Gasteiger partial charge >= 0.3 is 0 Å². The molecule has 4 heteroatoms. The van der Waals surface area contributed by atoms with Gasteiger partial charge in [-0.1, -0.05) is 28.1 Å². The van der Waals surface area contributed by atoms with Crippen molar-refractivity contribution in [2.24, 2.45) is 0 Å². The summed E-state index contributed by atoms with van der Waals surface area (Å²) in [4.78, 5) is 0. The van der Waals surface area contributed by atoms with E-state index in [4.69, 9.17) is 12.2 Å². The lowest BCUT2D eigenvalue weighted by Crippen LogP contribution is -2.19. The number of nitrogens with one attached hydrogen (secondary N) is 2. The molecule has 0 spiro atoms. The molecule has 98 valence electrons. The summed E-state index contributed by atoms with van der Waals surface area (Å²) in [6, 6.07) is 14.2. The van der Waals surface area contributed by atoms with Gasteiger partial charge in [0.2, 0.25) is 0 Å². The zero-order valence-electron chi connectivity index (χ0n) is 10.8. The summed E-state index contributed by atoms with van der Waals surface area (Å²) in [5.74, 6) is 0. The van der Waals surface area contributed by atoms with Gasteiger partial charge in [-0.2, -0.15) is 0 Å². The second-order valence-electron chi connectivity index (χ2n) is 4.40. The summed E-state index contributed by atoms with van der Waals surface area (Å²) in [7, 11) is 0. The van der Waals surface area contributed by atoms with Gasteiger partial charge in [0.25, 0.3) is 0 Å². The maximum Gasteiger partial charge on any atom is 0.175 e. The van der Waals surface area contributed by atoms with Crippen LogP contribution in [0.15, 0.2) is 46.9 Å². The van der Waals surface area contributed by atoms with Crippen molar-refractivity contribution in [2.45, 2.75) is 13.8 Å². The molecule has 0 radical (unpaired) electrons. The van der Waals surface area contributed by atoms with Gasteiger partial charge in [-0.15, -0.1) is 0 Å². The van der Waals surface area contributed by atoms with Crippen LogP contribution in [-0.2, 0) is 0 Å².